The van der Waals surface area contributed by atoms with E-state index in [1.807, 2.05) is 42.5 Å². The van der Waals surface area contributed by atoms with Gasteiger partial charge in [-0.15, -0.1) is 0 Å². The minimum atomic E-state index is -0.630. The second kappa shape index (κ2) is 10.2. The summed E-state index contributed by atoms with van der Waals surface area (Å²) in [6.45, 7) is 0. The number of rotatable bonds is 6. The Bertz CT molecular complexity index is 1730. The fourth-order valence-electron chi connectivity index (χ4n) is 8.00. The second-order valence-electron chi connectivity index (χ2n) is 12.3. The van der Waals surface area contributed by atoms with Crippen LogP contribution in [-0.4, -0.2) is 45.3 Å². The van der Waals surface area contributed by atoms with E-state index in [-0.39, 0.29) is 29.5 Å². The number of carbonyl (C=O) groups is 2. The summed E-state index contributed by atoms with van der Waals surface area (Å²) in [6, 6.07) is 20.0. The van der Waals surface area contributed by atoms with Gasteiger partial charge in [-0.05, 0) is 91.8 Å². The van der Waals surface area contributed by atoms with Gasteiger partial charge in [-0.1, -0.05) is 30.3 Å². The normalized spacial score (nSPS) is 25.9. The number of hydrogen-bond donors (Lipinski definition) is 2. The number of pyridine rings is 2. The molecule has 2 aromatic heterocycles. The molecule has 4 saturated carbocycles. The lowest BCUT2D eigenvalue weighted by Gasteiger charge is -2.58. The molecule has 8 rings (SSSR count). The van der Waals surface area contributed by atoms with Gasteiger partial charge >= 0.3 is 5.97 Å². The number of esters is 1. The summed E-state index contributed by atoms with van der Waals surface area (Å²) in [6.07, 6.45) is 6.37. The lowest BCUT2D eigenvalue weighted by molar-refractivity contribution is -0.136. The first-order valence-corrected chi connectivity index (χ1v) is 14.6. The maximum atomic E-state index is 13.8. The van der Waals surface area contributed by atoms with Gasteiger partial charge in [0.1, 0.15) is 11.3 Å². The van der Waals surface area contributed by atoms with E-state index in [0.717, 1.165) is 37.7 Å². The van der Waals surface area contributed by atoms with Crippen LogP contribution in [0.5, 0.6) is 0 Å². The summed E-state index contributed by atoms with van der Waals surface area (Å²) in [7, 11) is 1.30. The molecule has 4 aromatic rings. The van der Waals surface area contributed by atoms with Gasteiger partial charge in [-0.2, -0.15) is 0 Å². The predicted octanol–water partition coefficient (Wildman–Crippen LogP) is 4.43. The molecule has 8 heteroatoms. The van der Waals surface area contributed by atoms with Gasteiger partial charge in [0.15, 0.2) is 5.43 Å². The number of fused-ring (bicyclic) bond motifs is 1. The zero-order chi connectivity index (χ0) is 29.0. The van der Waals surface area contributed by atoms with Crippen LogP contribution in [0.1, 0.15) is 64.1 Å². The standard InChI is InChI=1S/C34H33N3O5/c1-42-33(40)29-27(30(38)26-8-5-13-35-31(26)37(29)25-6-3-2-4-7-25)16-20-9-11-22(12-10-20)32(39)36-28-23-14-21-15-24(28)19-34(41,17-21)18-23/h2-13,21,23-24,28,41H,14-19H2,1H3,(H,36,39)/t21?,23-,24?,28?,34?/m1/s1. The van der Waals surface area contributed by atoms with Crippen molar-refractivity contribution in [1.29, 1.82) is 0 Å². The van der Waals surface area contributed by atoms with Crippen LogP contribution in [0.2, 0.25) is 0 Å². The largest absolute Gasteiger partial charge is 0.464 e. The molecule has 0 radical (unpaired) electrons. The molecule has 4 fully saturated rings. The molecule has 5 atom stereocenters. The van der Waals surface area contributed by atoms with Crippen LogP contribution < -0.4 is 10.7 Å². The molecule has 0 saturated heterocycles. The Labute approximate surface area is 243 Å². The van der Waals surface area contributed by atoms with Crippen LogP contribution in [0, 0.1) is 17.8 Å². The average molecular weight is 564 g/mol. The van der Waals surface area contributed by atoms with E-state index >= 15 is 0 Å². The van der Waals surface area contributed by atoms with Gasteiger partial charge < -0.3 is 15.2 Å². The van der Waals surface area contributed by atoms with Crippen LogP contribution in [0.25, 0.3) is 16.7 Å². The van der Waals surface area contributed by atoms with Gasteiger partial charge in [0, 0.05) is 35.5 Å². The topological polar surface area (TPSA) is 111 Å². The van der Waals surface area contributed by atoms with E-state index in [0.29, 0.717) is 45.6 Å². The molecular formula is C34H33N3O5. The third-order valence-corrected chi connectivity index (χ3v) is 9.56. The number of amides is 1. The van der Waals surface area contributed by atoms with Crippen molar-refractivity contribution in [2.45, 2.75) is 50.2 Å². The highest BCUT2D eigenvalue weighted by atomic mass is 16.5. The van der Waals surface area contributed by atoms with Crippen LogP contribution in [0.3, 0.4) is 0 Å². The Morgan fingerprint density at radius 1 is 1.00 bits per heavy atom. The van der Waals surface area contributed by atoms with Gasteiger partial charge in [0.2, 0.25) is 0 Å². The highest BCUT2D eigenvalue weighted by Crippen LogP contribution is 2.55. The number of carbonyl (C=O) groups excluding carboxylic acids is 2. The molecule has 2 aromatic carbocycles. The van der Waals surface area contributed by atoms with E-state index in [4.69, 9.17) is 4.74 Å². The average Bonchev–Trinajstić information content (AvgIpc) is 2.99. The number of ether oxygens (including phenoxy) is 1. The molecule has 214 valence electrons. The second-order valence-corrected chi connectivity index (χ2v) is 12.3. The molecule has 1 amide bonds. The summed E-state index contributed by atoms with van der Waals surface area (Å²) in [4.78, 5) is 44.7. The van der Waals surface area contributed by atoms with Crippen molar-refractivity contribution in [1.82, 2.24) is 14.9 Å². The van der Waals surface area contributed by atoms with E-state index in [1.54, 1.807) is 35.0 Å². The number of aromatic nitrogens is 2. The summed E-state index contributed by atoms with van der Waals surface area (Å²) >= 11 is 0. The van der Waals surface area contributed by atoms with Gasteiger partial charge in [0.25, 0.3) is 5.91 Å². The Morgan fingerprint density at radius 3 is 2.38 bits per heavy atom. The van der Waals surface area contributed by atoms with Crippen molar-refractivity contribution >= 4 is 22.9 Å². The molecular weight excluding hydrogens is 530 g/mol. The molecule has 4 bridgehead atoms. The first-order chi connectivity index (χ1) is 20.3. The number of benzene rings is 2. The van der Waals surface area contributed by atoms with Crippen molar-refractivity contribution in [3.8, 4) is 5.69 Å². The smallest absolute Gasteiger partial charge is 0.355 e. The van der Waals surface area contributed by atoms with Crippen molar-refractivity contribution in [2.75, 3.05) is 7.11 Å². The number of para-hydroxylation sites is 1. The molecule has 4 aliphatic carbocycles. The van der Waals surface area contributed by atoms with Crippen molar-refractivity contribution in [3.05, 3.63) is 106 Å². The van der Waals surface area contributed by atoms with E-state index in [2.05, 4.69) is 10.3 Å². The fraction of sp³-hybridized carbons (Fsp3) is 0.353. The lowest BCUT2D eigenvalue weighted by atomic mass is 9.52. The quantitative estimate of drug-likeness (QED) is 0.336. The number of nitrogens with zero attached hydrogens (tertiary/aromatic N) is 2. The Hall–Kier alpha value is -4.30. The molecule has 0 aliphatic heterocycles. The monoisotopic (exact) mass is 563 g/mol. The molecule has 4 unspecified atom stereocenters. The lowest BCUT2D eigenvalue weighted by Crippen LogP contribution is -2.61. The first kappa shape index (κ1) is 26.6. The summed E-state index contributed by atoms with van der Waals surface area (Å²) in [5.41, 5.74) is 2.00. The molecule has 4 aliphatic rings. The van der Waals surface area contributed by atoms with Crippen molar-refractivity contribution < 1.29 is 19.4 Å². The van der Waals surface area contributed by atoms with E-state index in [1.165, 1.54) is 7.11 Å². The first-order valence-electron chi connectivity index (χ1n) is 14.6. The van der Waals surface area contributed by atoms with Crippen molar-refractivity contribution in [2.24, 2.45) is 17.8 Å². The molecule has 2 heterocycles. The Morgan fingerprint density at radius 2 is 1.71 bits per heavy atom. The number of aliphatic hydroxyl groups is 1. The molecule has 42 heavy (non-hydrogen) atoms. The maximum absolute atomic E-state index is 13.8. The van der Waals surface area contributed by atoms with Crippen molar-refractivity contribution in [3.63, 3.8) is 0 Å². The Kier molecular flexibility index (Phi) is 6.46. The minimum Gasteiger partial charge on any atom is -0.464 e. The zero-order valence-electron chi connectivity index (χ0n) is 23.5. The SMILES string of the molecule is COC(=O)c1c(Cc2ccc(C(=O)NC3C4CC5C[C@@H]3CC(O)(C5)C4)cc2)c(=O)c2cccnc2n1-c1ccccc1. The van der Waals surface area contributed by atoms with Gasteiger partial charge in [0.05, 0.1) is 18.1 Å². The minimum absolute atomic E-state index is 0.0966. The van der Waals surface area contributed by atoms with E-state index < -0.39 is 11.6 Å². The van der Waals surface area contributed by atoms with Gasteiger partial charge in [-0.25, -0.2) is 9.78 Å². The van der Waals surface area contributed by atoms with Crippen LogP contribution in [0.15, 0.2) is 77.7 Å². The van der Waals surface area contributed by atoms with Gasteiger partial charge in [-0.3, -0.25) is 14.2 Å². The molecule has 2 N–H and O–H groups in total. The summed E-state index contributed by atoms with van der Waals surface area (Å²) in [5.74, 6) is 0.484. The molecule has 8 nitrogen and oxygen atoms in total. The van der Waals surface area contributed by atoms with Crippen LogP contribution in [-0.2, 0) is 11.2 Å². The van der Waals surface area contributed by atoms with Crippen LogP contribution in [0.4, 0.5) is 0 Å². The van der Waals surface area contributed by atoms with Crippen LogP contribution >= 0.6 is 0 Å². The Balaban J connectivity index is 1.20. The highest BCUT2D eigenvalue weighted by molar-refractivity contribution is 5.95. The molecule has 0 spiro atoms. The fourth-order valence-corrected chi connectivity index (χ4v) is 8.00. The highest BCUT2D eigenvalue weighted by Gasteiger charge is 2.55. The van der Waals surface area contributed by atoms with E-state index in [9.17, 15) is 19.5 Å². The zero-order valence-corrected chi connectivity index (χ0v) is 23.5. The summed E-state index contributed by atoms with van der Waals surface area (Å²) < 4.78 is 6.84. The third kappa shape index (κ3) is 4.50. The maximum Gasteiger partial charge on any atom is 0.355 e. The predicted molar refractivity (Wildman–Crippen MR) is 158 cm³/mol. The summed E-state index contributed by atoms with van der Waals surface area (Å²) in [5, 5.41) is 14.6. The number of hydrogen-bond acceptors (Lipinski definition) is 6. The number of nitrogens with one attached hydrogen (secondary N) is 1. The third-order valence-electron chi connectivity index (χ3n) is 9.56. The number of methoxy groups -OCH3 is 1.